The zero-order valence-corrected chi connectivity index (χ0v) is 9.86. The Morgan fingerprint density at radius 3 is 2.28 bits per heavy atom. The van der Waals surface area contributed by atoms with E-state index in [0.29, 0.717) is 5.56 Å². The van der Waals surface area contributed by atoms with Crippen LogP contribution in [0.5, 0.6) is 11.5 Å². The summed E-state index contributed by atoms with van der Waals surface area (Å²) in [5.41, 5.74) is 6.30. The van der Waals surface area contributed by atoms with Crippen molar-refractivity contribution in [2.24, 2.45) is 5.73 Å². The van der Waals surface area contributed by atoms with Gasteiger partial charge in [0.2, 0.25) is 0 Å². The number of halogens is 2. The number of nitrogens with two attached hydrogens (primary N) is 1. The Hall–Kier alpha value is -1.94. The maximum Gasteiger partial charge on any atom is 0.166 e. The van der Waals surface area contributed by atoms with Gasteiger partial charge in [-0.1, -0.05) is 18.2 Å². The van der Waals surface area contributed by atoms with Crippen molar-refractivity contribution >= 4 is 0 Å². The van der Waals surface area contributed by atoms with E-state index >= 15 is 0 Å². The number of ether oxygens (including phenoxy) is 1. The van der Waals surface area contributed by atoms with Gasteiger partial charge in [-0.05, 0) is 36.8 Å². The molecule has 0 aromatic heterocycles. The highest BCUT2D eigenvalue weighted by Gasteiger charge is 2.10. The summed E-state index contributed by atoms with van der Waals surface area (Å²) < 4.78 is 32.3. The van der Waals surface area contributed by atoms with Crippen LogP contribution in [0.2, 0.25) is 0 Å². The van der Waals surface area contributed by atoms with E-state index in [0.717, 1.165) is 0 Å². The summed E-state index contributed by atoms with van der Waals surface area (Å²) >= 11 is 0. The molecule has 2 N–H and O–H groups in total. The first kappa shape index (κ1) is 12.5. The molecule has 18 heavy (non-hydrogen) atoms. The molecular weight excluding hydrogens is 236 g/mol. The summed E-state index contributed by atoms with van der Waals surface area (Å²) in [6.45, 7) is 1.76. The fourth-order valence-corrected chi connectivity index (χ4v) is 1.53. The molecular formula is C14H13F2NO. The lowest BCUT2D eigenvalue weighted by atomic mass is 10.1. The summed E-state index contributed by atoms with van der Waals surface area (Å²) in [5, 5.41) is 0. The van der Waals surface area contributed by atoms with Crippen LogP contribution in [0.15, 0.2) is 42.5 Å². The van der Waals surface area contributed by atoms with E-state index in [9.17, 15) is 8.78 Å². The Bertz CT molecular complexity index is 555. The summed E-state index contributed by atoms with van der Waals surface area (Å²) in [6, 6.07) is 9.98. The number of hydrogen-bond acceptors (Lipinski definition) is 2. The maximum atomic E-state index is 13.7. The van der Waals surface area contributed by atoms with Crippen molar-refractivity contribution in [3.05, 3.63) is 59.7 Å². The SMILES string of the molecule is C[C@H](N)c1ccc(Oc2ccccc2F)c(F)c1. The van der Waals surface area contributed by atoms with Gasteiger partial charge in [0.25, 0.3) is 0 Å². The lowest BCUT2D eigenvalue weighted by molar-refractivity contribution is 0.414. The Morgan fingerprint density at radius 1 is 1.00 bits per heavy atom. The summed E-state index contributed by atoms with van der Waals surface area (Å²) in [4.78, 5) is 0. The molecule has 0 aliphatic rings. The van der Waals surface area contributed by atoms with Crippen LogP contribution in [-0.2, 0) is 0 Å². The molecule has 0 spiro atoms. The second-order valence-electron chi connectivity index (χ2n) is 4.01. The first-order valence-electron chi connectivity index (χ1n) is 5.55. The maximum absolute atomic E-state index is 13.7. The number of benzene rings is 2. The van der Waals surface area contributed by atoms with Crippen LogP contribution in [0.1, 0.15) is 18.5 Å². The van der Waals surface area contributed by atoms with Crippen LogP contribution in [0.25, 0.3) is 0 Å². The Kier molecular flexibility index (Phi) is 3.58. The fourth-order valence-electron chi connectivity index (χ4n) is 1.53. The minimum absolute atomic E-state index is 0.00931. The lowest BCUT2D eigenvalue weighted by Crippen LogP contribution is -2.05. The molecule has 94 valence electrons. The van der Waals surface area contributed by atoms with Crippen LogP contribution in [0, 0.1) is 11.6 Å². The monoisotopic (exact) mass is 249 g/mol. The van der Waals surface area contributed by atoms with Gasteiger partial charge < -0.3 is 10.5 Å². The standard InChI is InChI=1S/C14H13F2NO/c1-9(17)10-6-7-14(12(16)8-10)18-13-5-3-2-4-11(13)15/h2-9H,17H2,1H3/t9-/m0/s1. The van der Waals surface area contributed by atoms with E-state index < -0.39 is 11.6 Å². The van der Waals surface area contributed by atoms with Crippen LogP contribution in [0.3, 0.4) is 0 Å². The number of para-hydroxylation sites is 1. The molecule has 0 aliphatic heterocycles. The molecule has 0 saturated carbocycles. The van der Waals surface area contributed by atoms with Crippen molar-refractivity contribution in [2.75, 3.05) is 0 Å². The largest absolute Gasteiger partial charge is 0.451 e. The van der Waals surface area contributed by atoms with Crippen molar-refractivity contribution in [1.82, 2.24) is 0 Å². The third-order valence-corrected chi connectivity index (χ3v) is 2.54. The highest BCUT2D eigenvalue weighted by atomic mass is 19.1. The topological polar surface area (TPSA) is 35.2 Å². The molecule has 0 bridgehead atoms. The van der Waals surface area contributed by atoms with E-state index in [4.69, 9.17) is 10.5 Å². The zero-order chi connectivity index (χ0) is 13.1. The smallest absolute Gasteiger partial charge is 0.166 e. The molecule has 2 aromatic rings. The summed E-state index contributed by atoms with van der Waals surface area (Å²) in [7, 11) is 0. The van der Waals surface area contributed by atoms with Gasteiger partial charge in [-0.3, -0.25) is 0 Å². The Morgan fingerprint density at radius 2 is 1.67 bits per heavy atom. The van der Waals surface area contributed by atoms with Crippen LogP contribution >= 0.6 is 0 Å². The van der Waals surface area contributed by atoms with Crippen molar-refractivity contribution in [3.8, 4) is 11.5 Å². The molecule has 2 nitrogen and oxygen atoms in total. The van der Waals surface area contributed by atoms with Crippen molar-refractivity contribution < 1.29 is 13.5 Å². The van der Waals surface area contributed by atoms with Crippen LogP contribution in [-0.4, -0.2) is 0 Å². The third-order valence-electron chi connectivity index (χ3n) is 2.54. The lowest BCUT2D eigenvalue weighted by Gasteiger charge is -2.10. The van der Waals surface area contributed by atoms with Crippen molar-refractivity contribution in [2.45, 2.75) is 13.0 Å². The average Bonchev–Trinajstić information content (AvgIpc) is 2.34. The van der Waals surface area contributed by atoms with Gasteiger partial charge >= 0.3 is 0 Å². The summed E-state index contributed by atoms with van der Waals surface area (Å²) in [6.07, 6.45) is 0. The first-order chi connectivity index (χ1) is 8.58. The van der Waals surface area contributed by atoms with Gasteiger partial charge in [-0.25, -0.2) is 8.78 Å². The zero-order valence-electron chi connectivity index (χ0n) is 9.86. The van der Waals surface area contributed by atoms with Crippen LogP contribution < -0.4 is 10.5 Å². The van der Waals surface area contributed by atoms with Gasteiger partial charge in [0.1, 0.15) is 0 Å². The highest BCUT2D eigenvalue weighted by Crippen LogP contribution is 2.27. The number of hydrogen-bond donors (Lipinski definition) is 1. The number of rotatable bonds is 3. The van der Waals surface area contributed by atoms with Crippen LogP contribution in [0.4, 0.5) is 8.78 Å². The molecule has 0 amide bonds. The third kappa shape index (κ3) is 2.65. The van der Waals surface area contributed by atoms with Crippen molar-refractivity contribution in [3.63, 3.8) is 0 Å². The average molecular weight is 249 g/mol. The minimum Gasteiger partial charge on any atom is -0.451 e. The van der Waals surface area contributed by atoms with E-state index in [1.165, 1.54) is 30.3 Å². The van der Waals surface area contributed by atoms with E-state index in [2.05, 4.69) is 0 Å². The molecule has 1 atom stereocenters. The fraction of sp³-hybridized carbons (Fsp3) is 0.143. The Balaban J connectivity index is 2.28. The van der Waals surface area contributed by atoms with E-state index in [-0.39, 0.29) is 17.5 Å². The second-order valence-corrected chi connectivity index (χ2v) is 4.01. The predicted octanol–water partition coefficient (Wildman–Crippen LogP) is 3.78. The van der Waals surface area contributed by atoms with Crippen molar-refractivity contribution in [1.29, 1.82) is 0 Å². The van der Waals surface area contributed by atoms with E-state index in [1.807, 2.05) is 0 Å². The predicted molar refractivity (Wildman–Crippen MR) is 65.5 cm³/mol. The van der Waals surface area contributed by atoms with Gasteiger partial charge in [-0.2, -0.15) is 0 Å². The minimum atomic E-state index is -0.562. The molecule has 0 aliphatic carbocycles. The first-order valence-corrected chi connectivity index (χ1v) is 5.55. The molecule has 0 heterocycles. The molecule has 2 rings (SSSR count). The molecule has 0 radical (unpaired) electrons. The Labute approximate surface area is 104 Å². The highest BCUT2D eigenvalue weighted by molar-refractivity contribution is 5.35. The van der Waals surface area contributed by atoms with Gasteiger partial charge in [0.05, 0.1) is 0 Å². The molecule has 0 unspecified atom stereocenters. The van der Waals surface area contributed by atoms with Gasteiger partial charge in [0, 0.05) is 6.04 Å². The van der Waals surface area contributed by atoms with Gasteiger partial charge in [0.15, 0.2) is 23.1 Å². The molecule has 2 aromatic carbocycles. The molecule has 0 fully saturated rings. The second kappa shape index (κ2) is 5.14. The summed E-state index contributed by atoms with van der Waals surface area (Å²) in [5.74, 6) is -1.13. The van der Waals surface area contributed by atoms with Gasteiger partial charge in [-0.15, -0.1) is 0 Å². The molecule has 0 saturated heterocycles. The van der Waals surface area contributed by atoms with E-state index in [1.54, 1.807) is 19.1 Å². The normalized spacial score (nSPS) is 12.2. The quantitative estimate of drug-likeness (QED) is 0.898. The molecule has 4 heteroatoms.